The molecule has 0 bridgehead atoms. The molecule has 1 amide bonds. The standard InChI is InChI=1S/C16H16N2O3/c1-16(15(20)21,12-7-3-2-4-8-12)11-14(19)18-13-9-5-6-10-17-13/h2-10H,11H2,1H3,(H,20,21)(H,17,18,19). The number of hydrogen-bond acceptors (Lipinski definition) is 3. The second kappa shape index (κ2) is 6.17. The van der Waals surface area contributed by atoms with Gasteiger partial charge < -0.3 is 10.4 Å². The van der Waals surface area contributed by atoms with E-state index in [1.54, 1.807) is 61.7 Å². The number of nitrogens with one attached hydrogen (secondary N) is 1. The van der Waals surface area contributed by atoms with Gasteiger partial charge in [0, 0.05) is 12.6 Å². The molecule has 5 heteroatoms. The lowest BCUT2D eigenvalue weighted by Gasteiger charge is -2.24. The van der Waals surface area contributed by atoms with Gasteiger partial charge in [0.2, 0.25) is 5.91 Å². The molecule has 0 aliphatic heterocycles. The van der Waals surface area contributed by atoms with Crippen LogP contribution < -0.4 is 5.32 Å². The van der Waals surface area contributed by atoms with Gasteiger partial charge in [0.1, 0.15) is 5.82 Å². The molecule has 0 aliphatic rings. The molecule has 1 aromatic carbocycles. The zero-order chi connectivity index (χ0) is 15.3. The molecule has 0 fully saturated rings. The number of rotatable bonds is 5. The lowest BCUT2D eigenvalue weighted by atomic mass is 9.79. The van der Waals surface area contributed by atoms with Crippen molar-refractivity contribution in [3.05, 3.63) is 60.3 Å². The highest BCUT2D eigenvalue weighted by Gasteiger charge is 2.37. The van der Waals surface area contributed by atoms with Crippen molar-refractivity contribution in [3.8, 4) is 0 Å². The number of carboxylic acid groups (broad SMARTS) is 1. The van der Waals surface area contributed by atoms with Gasteiger partial charge in [-0.15, -0.1) is 0 Å². The molecule has 1 aromatic heterocycles. The number of amides is 1. The van der Waals surface area contributed by atoms with E-state index in [9.17, 15) is 14.7 Å². The van der Waals surface area contributed by atoms with Crippen LogP contribution in [-0.2, 0) is 15.0 Å². The van der Waals surface area contributed by atoms with Crippen LogP contribution in [0.3, 0.4) is 0 Å². The number of aromatic nitrogens is 1. The van der Waals surface area contributed by atoms with E-state index < -0.39 is 11.4 Å². The van der Waals surface area contributed by atoms with Gasteiger partial charge in [-0.2, -0.15) is 0 Å². The van der Waals surface area contributed by atoms with Gasteiger partial charge in [0.15, 0.2) is 0 Å². The number of anilines is 1. The zero-order valence-electron chi connectivity index (χ0n) is 11.6. The quantitative estimate of drug-likeness (QED) is 0.884. The third-order valence-corrected chi connectivity index (χ3v) is 3.33. The molecule has 1 unspecified atom stereocenters. The number of benzene rings is 1. The minimum absolute atomic E-state index is 0.164. The van der Waals surface area contributed by atoms with Crippen LogP contribution in [0.2, 0.25) is 0 Å². The van der Waals surface area contributed by atoms with E-state index in [2.05, 4.69) is 10.3 Å². The third-order valence-electron chi connectivity index (χ3n) is 3.33. The summed E-state index contributed by atoms with van der Waals surface area (Å²) in [4.78, 5) is 27.7. The SMILES string of the molecule is CC(CC(=O)Nc1ccccn1)(C(=O)O)c1ccccc1. The highest BCUT2D eigenvalue weighted by atomic mass is 16.4. The number of pyridine rings is 1. The van der Waals surface area contributed by atoms with E-state index in [-0.39, 0.29) is 12.3 Å². The summed E-state index contributed by atoms with van der Waals surface area (Å²) in [6.07, 6.45) is 1.39. The molecule has 0 radical (unpaired) electrons. The van der Waals surface area contributed by atoms with E-state index in [1.807, 2.05) is 0 Å². The Kier molecular flexibility index (Phi) is 4.33. The van der Waals surface area contributed by atoms with Gasteiger partial charge in [-0.3, -0.25) is 9.59 Å². The highest BCUT2D eigenvalue weighted by Crippen LogP contribution is 2.28. The predicted octanol–water partition coefficient (Wildman–Crippen LogP) is 2.45. The van der Waals surface area contributed by atoms with Crippen LogP contribution in [0.1, 0.15) is 18.9 Å². The van der Waals surface area contributed by atoms with Gasteiger partial charge >= 0.3 is 5.97 Å². The molecule has 1 atom stereocenters. The van der Waals surface area contributed by atoms with Crippen LogP contribution in [0.15, 0.2) is 54.7 Å². The highest BCUT2D eigenvalue weighted by molar-refractivity contribution is 5.95. The van der Waals surface area contributed by atoms with E-state index in [1.165, 1.54) is 0 Å². The molecule has 0 aliphatic carbocycles. The summed E-state index contributed by atoms with van der Waals surface area (Å²) in [6.45, 7) is 1.54. The van der Waals surface area contributed by atoms with Crippen LogP contribution >= 0.6 is 0 Å². The van der Waals surface area contributed by atoms with Crippen molar-refractivity contribution in [2.75, 3.05) is 5.32 Å². The Hall–Kier alpha value is -2.69. The lowest BCUT2D eigenvalue weighted by molar-refractivity contribution is -0.145. The Morgan fingerprint density at radius 2 is 1.81 bits per heavy atom. The van der Waals surface area contributed by atoms with Crippen molar-refractivity contribution in [1.29, 1.82) is 0 Å². The van der Waals surface area contributed by atoms with Crippen LogP contribution in [-0.4, -0.2) is 22.0 Å². The molecule has 5 nitrogen and oxygen atoms in total. The van der Waals surface area contributed by atoms with Crippen molar-refractivity contribution >= 4 is 17.7 Å². The monoisotopic (exact) mass is 284 g/mol. The predicted molar refractivity (Wildman–Crippen MR) is 78.9 cm³/mol. The molecular weight excluding hydrogens is 268 g/mol. The minimum Gasteiger partial charge on any atom is -0.481 e. The normalized spacial score (nSPS) is 13.2. The summed E-state index contributed by atoms with van der Waals surface area (Å²) in [5.41, 5.74) is -0.686. The summed E-state index contributed by atoms with van der Waals surface area (Å²) in [6, 6.07) is 13.9. The summed E-state index contributed by atoms with van der Waals surface area (Å²) in [5, 5.41) is 12.1. The van der Waals surface area contributed by atoms with Crippen molar-refractivity contribution < 1.29 is 14.7 Å². The molecule has 21 heavy (non-hydrogen) atoms. The molecule has 2 rings (SSSR count). The van der Waals surface area contributed by atoms with Crippen LogP contribution in [0.4, 0.5) is 5.82 Å². The van der Waals surface area contributed by atoms with Crippen molar-refractivity contribution in [1.82, 2.24) is 4.98 Å². The molecular formula is C16H16N2O3. The summed E-state index contributed by atoms with van der Waals surface area (Å²) in [7, 11) is 0. The maximum Gasteiger partial charge on any atom is 0.314 e. The second-order valence-corrected chi connectivity index (χ2v) is 4.94. The fraction of sp³-hybridized carbons (Fsp3) is 0.188. The van der Waals surface area contributed by atoms with Crippen molar-refractivity contribution in [2.24, 2.45) is 0 Å². The number of hydrogen-bond donors (Lipinski definition) is 2. The topological polar surface area (TPSA) is 79.3 Å². The molecule has 108 valence electrons. The van der Waals surface area contributed by atoms with Gasteiger partial charge in [0.25, 0.3) is 0 Å². The molecule has 1 heterocycles. The number of carboxylic acids is 1. The molecule has 2 aromatic rings. The van der Waals surface area contributed by atoms with Crippen LogP contribution in [0.5, 0.6) is 0 Å². The Morgan fingerprint density at radius 1 is 1.14 bits per heavy atom. The van der Waals surface area contributed by atoms with Gasteiger partial charge in [-0.25, -0.2) is 4.98 Å². The first kappa shape index (κ1) is 14.7. The van der Waals surface area contributed by atoms with Gasteiger partial charge in [-0.1, -0.05) is 36.4 Å². The van der Waals surface area contributed by atoms with Gasteiger partial charge in [0.05, 0.1) is 5.41 Å². The first-order chi connectivity index (χ1) is 10.0. The minimum atomic E-state index is -1.28. The zero-order valence-corrected chi connectivity index (χ0v) is 11.6. The number of aliphatic carboxylic acids is 1. The van der Waals surface area contributed by atoms with E-state index in [0.29, 0.717) is 11.4 Å². The first-order valence-electron chi connectivity index (χ1n) is 6.52. The molecule has 0 saturated heterocycles. The largest absolute Gasteiger partial charge is 0.481 e. The van der Waals surface area contributed by atoms with E-state index >= 15 is 0 Å². The van der Waals surface area contributed by atoms with E-state index in [0.717, 1.165) is 0 Å². The van der Waals surface area contributed by atoms with Crippen LogP contribution in [0.25, 0.3) is 0 Å². The molecule has 0 saturated carbocycles. The maximum absolute atomic E-state index is 12.1. The lowest BCUT2D eigenvalue weighted by Crippen LogP contribution is -2.36. The first-order valence-corrected chi connectivity index (χ1v) is 6.52. The van der Waals surface area contributed by atoms with Crippen molar-refractivity contribution in [3.63, 3.8) is 0 Å². The molecule has 2 N–H and O–H groups in total. The second-order valence-electron chi connectivity index (χ2n) is 4.94. The summed E-state index contributed by atoms with van der Waals surface area (Å²) in [5.74, 6) is -1.02. The molecule has 0 spiro atoms. The van der Waals surface area contributed by atoms with Crippen molar-refractivity contribution in [2.45, 2.75) is 18.8 Å². The van der Waals surface area contributed by atoms with Gasteiger partial charge in [-0.05, 0) is 24.6 Å². The summed E-state index contributed by atoms with van der Waals surface area (Å²) < 4.78 is 0. The number of nitrogens with zero attached hydrogens (tertiary/aromatic N) is 1. The van der Waals surface area contributed by atoms with E-state index in [4.69, 9.17) is 0 Å². The Labute approximate surface area is 122 Å². The Balaban J connectivity index is 2.17. The fourth-order valence-corrected chi connectivity index (χ4v) is 2.05. The Morgan fingerprint density at radius 3 is 2.38 bits per heavy atom. The third kappa shape index (κ3) is 3.45. The average molecular weight is 284 g/mol. The maximum atomic E-state index is 12.1. The number of carbonyl (C=O) groups is 2. The Bertz CT molecular complexity index is 628. The number of carbonyl (C=O) groups excluding carboxylic acids is 1. The average Bonchev–Trinajstić information content (AvgIpc) is 2.48. The summed E-state index contributed by atoms with van der Waals surface area (Å²) >= 11 is 0. The smallest absolute Gasteiger partial charge is 0.314 e. The van der Waals surface area contributed by atoms with Crippen LogP contribution in [0, 0.1) is 0 Å². The fourth-order valence-electron chi connectivity index (χ4n) is 2.05.